The molecule has 0 N–H and O–H groups in total. The van der Waals surface area contributed by atoms with E-state index in [2.05, 4.69) is 29.0 Å². The number of aromatic nitrogens is 2. The first kappa shape index (κ1) is 18.7. The molecule has 0 radical (unpaired) electrons. The monoisotopic (exact) mass is 402 g/mol. The summed E-state index contributed by atoms with van der Waals surface area (Å²) in [7, 11) is 0. The van der Waals surface area contributed by atoms with Crippen LogP contribution in [0.1, 0.15) is 27.7 Å². The number of carbonyl (C=O) groups is 1. The van der Waals surface area contributed by atoms with Gasteiger partial charge in [0.2, 0.25) is 0 Å². The SMILES string of the molecule is Cc1ccccc1[C@@H]1[C@H]2CN(c3ncccc3F)C[C@H]2CN1C(=O)c1ccccn1. The molecule has 2 aliphatic rings. The van der Waals surface area contributed by atoms with Crippen molar-refractivity contribution >= 4 is 11.7 Å². The lowest BCUT2D eigenvalue weighted by molar-refractivity contribution is 0.0709. The van der Waals surface area contributed by atoms with Gasteiger partial charge in [0.1, 0.15) is 5.69 Å². The summed E-state index contributed by atoms with van der Waals surface area (Å²) < 4.78 is 14.4. The van der Waals surface area contributed by atoms with Gasteiger partial charge in [-0.2, -0.15) is 0 Å². The van der Waals surface area contributed by atoms with Crippen LogP contribution < -0.4 is 4.90 Å². The molecule has 152 valence electrons. The van der Waals surface area contributed by atoms with Crippen LogP contribution in [-0.2, 0) is 0 Å². The van der Waals surface area contributed by atoms with Gasteiger partial charge >= 0.3 is 0 Å². The maximum absolute atomic E-state index is 14.4. The third-order valence-electron chi connectivity index (χ3n) is 6.35. The van der Waals surface area contributed by atoms with Crippen molar-refractivity contribution in [2.75, 3.05) is 24.5 Å². The third-order valence-corrected chi connectivity index (χ3v) is 6.35. The number of fused-ring (bicyclic) bond motifs is 1. The topological polar surface area (TPSA) is 49.3 Å². The molecule has 30 heavy (non-hydrogen) atoms. The number of likely N-dealkylation sites (tertiary alicyclic amines) is 1. The molecular formula is C24H23FN4O. The number of pyridine rings is 2. The van der Waals surface area contributed by atoms with Gasteiger partial charge in [0, 0.05) is 43.9 Å². The molecule has 0 aliphatic carbocycles. The van der Waals surface area contributed by atoms with Gasteiger partial charge in [0.05, 0.1) is 6.04 Å². The van der Waals surface area contributed by atoms with Crippen molar-refractivity contribution in [3.63, 3.8) is 0 Å². The summed E-state index contributed by atoms with van der Waals surface area (Å²) in [4.78, 5) is 25.9. The summed E-state index contributed by atoms with van der Waals surface area (Å²) in [6, 6.07) is 16.6. The standard InChI is InChI=1S/C24H23FN4O/c1-16-7-2-3-8-18(16)22-19-15-28(23-20(25)9-6-12-27-23)13-17(19)14-29(22)24(30)21-10-4-5-11-26-21/h2-12,17,19,22H,13-15H2,1H3/t17-,19-,22+/m0/s1. The Hall–Kier alpha value is -3.28. The van der Waals surface area contributed by atoms with Crippen LogP contribution in [0.2, 0.25) is 0 Å². The van der Waals surface area contributed by atoms with Gasteiger partial charge in [-0.15, -0.1) is 0 Å². The molecule has 0 spiro atoms. The lowest BCUT2D eigenvalue weighted by atomic mass is 9.87. The Labute approximate surface area is 175 Å². The number of nitrogens with zero attached hydrogens (tertiary/aromatic N) is 4. The van der Waals surface area contributed by atoms with E-state index in [1.807, 2.05) is 34.1 Å². The van der Waals surface area contributed by atoms with Crippen LogP contribution in [0, 0.1) is 24.6 Å². The first-order valence-electron chi connectivity index (χ1n) is 10.3. The van der Waals surface area contributed by atoms with Crippen molar-refractivity contribution in [2.24, 2.45) is 11.8 Å². The Bertz CT molecular complexity index is 1070. The number of carbonyl (C=O) groups excluding carboxylic acids is 1. The molecule has 3 aromatic rings. The van der Waals surface area contributed by atoms with Gasteiger partial charge in [-0.3, -0.25) is 9.78 Å². The molecule has 4 heterocycles. The molecule has 3 atom stereocenters. The van der Waals surface area contributed by atoms with E-state index in [4.69, 9.17) is 0 Å². The Morgan fingerprint density at radius 3 is 2.53 bits per heavy atom. The highest BCUT2D eigenvalue weighted by Crippen LogP contribution is 2.47. The van der Waals surface area contributed by atoms with E-state index >= 15 is 0 Å². The fourth-order valence-electron chi connectivity index (χ4n) is 4.99. The summed E-state index contributed by atoms with van der Waals surface area (Å²) in [5.41, 5.74) is 2.77. The van der Waals surface area contributed by atoms with Crippen molar-refractivity contribution in [1.82, 2.24) is 14.9 Å². The summed E-state index contributed by atoms with van der Waals surface area (Å²) in [6.07, 6.45) is 3.28. The number of hydrogen-bond acceptors (Lipinski definition) is 4. The first-order valence-corrected chi connectivity index (χ1v) is 10.3. The minimum Gasteiger partial charge on any atom is -0.353 e. The molecule has 0 saturated carbocycles. The zero-order valence-electron chi connectivity index (χ0n) is 16.8. The lowest BCUT2D eigenvalue weighted by Gasteiger charge is -2.31. The van der Waals surface area contributed by atoms with Gasteiger partial charge < -0.3 is 9.80 Å². The fourth-order valence-corrected chi connectivity index (χ4v) is 4.99. The second-order valence-corrected chi connectivity index (χ2v) is 8.11. The highest BCUT2D eigenvalue weighted by molar-refractivity contribution is 5.93. The van der Waals surface area contributed by atoms with Gasteiger partial charge in [0.15, 0.2) is 11.6 Å². The Morgan fingerprint density at radius 2 is 1.77 bits per heavy atom. The van der Waals surface area contributed by atoms with E-state index < -0.39 is 0 Å². The van der Waals surface area contributed by atoms with Crippen molar-refractivity contribution in [3.05, 3.63) is 89.6 Å². The molecule has 1 aromatic carbocycles. The van der Waals surface area contributed by atoms with Gasteiger partial charge in [0.25, 0.3) is 5.91 Å². The zero-order chi connectivity index (χ0) is 20.7. The zero-order valence-corrected chi connectivity index (χ0v) is 16.8. The molecule has 2 aliphatic heterocycles. The largest absolute Gasteiger partial charge is 0.353 e. The Morgan fingerprint density at radius 1 is 0.967 bits per heavy atom. The molecule has 0 bridgehead atoms. The fraction of sp³-hybridized carbons (Fsp3) is 0.292. The number of hydrogen-bond donors (Lipinski definition) is 0. The van der Waals surface area contributed by atoms with Crippen molar-refractivity contribution < 1.29 is 9.18 Å². The predicted molar refractivity (Wildman–Crippen MR) is 113 cm³/mol. The van der Waals surface area contributed by atoms with E-state index in [-0.39, 0.29) is 29.6 Å². The second kappa shape index (κ2) is 7.52. The van der Waals surface area contributed by atoms with Crippen LogP contribution in [-0.4, -0.2) is 40.4 Å². The quantitative estimate of drug-likeness (QED) is 0.667. The van der Waals surface area contributed by atoms with Crippen LogP contribution in [0.5, 0.6) is 0 Å². The van der Waals surface area contributed by atoms with E-state index in [1.54, 1.807) is 24.5 Å². The maximum Gasteiger partial charge on any atom is 0.272 e. The van der Waals surface area contributed by atoms with E-state index in [1.165, 1.54) is 6.07 Å². The second-order valence-electron chi connectivity index (χ2n) is 8.11. The maximum atomic E-state index is 14.4. The van der Waals surface area contributed by atoms with Gasteiger partial charge in [-0.25, -0.2) is 9.37 Å². The van der Waals surface area contributed by atoms with Crippen LogP contribution in [0.25, 0.3) is 0 Å². The molecule has 6 heteroatoms. The van der Waals surface area contributed by atoms with Crippen molar-refractivity contribution in [1.29, 1.82) is 0 Å². The highest BCUT2D eigenvalue weighted by Gasteiger charge is 2.50. The first-order chi connectivity index (χ1) is 14.6. The van der Waals surface area contributed by atoms with Gasteiger partial charge in [-0.1, -0.05) is 30.3 Å². The highest BCUT2D eigenvalue weighted by atomic mass is 19.1. The molecule has 5 nitrogen and oxygen atoms in total. The lowest BCUT2D eigenvalue weighted by Crippen LogP contribution is -2.36. The van der Waals surface area contributed by atoms with Crippen molar-refractivity contribution in [3.8, 4) is 0 Å². The van der Waals surface area contributed by atoms with E-state index in [0.717, 1.165) is 11.1 Å². The number of halogens is 1. The Kier molecular flexibility index (Phi) is 4.69. The molecule has 0 unspecified atom stereocenters. The van der Waals surface area contributed by atoms with Crippen LogP contribution in [0.4, 0.5) is 10.2 Å². The summed E-state index contributed by atoms with van der Waals surface area (Å²) in [5.74, 6) is 0.516. The van der Waals surface area contributed by atoms with Crippen LogP contribution in [0.15, 0.2) is 67.0 Å². The number of rotatable bonds is 3. The molecule has 1 amide bonds. The average Bonchev–Trinajstić information content (AvgIpc) is 3.33. The minimum absolute atomic E-state index is 0.0474. The van der Waals surface area contributed by atoms with Crippen molar-refractivity contribution in [2.45, 2.75) is 13.0 Å². The summed E-state index contributed by atoms with van der Waals surface area (Å²) in [6.45, 7) is 4.07. The average molecular weight is 402 g/mol. The predicted octanol–water partition coefficient (Wildman–Crippen LogP) is 3.87. The Balaban J connectivity index is 1.50. The van der Waals surface area contributed by atoms with Crippen LogP contribution in [0.3, 0.4) is 0 Å². The summed E-state index contributed by atoms with van der Waals surface area (Å²) >= 11 is 0. The number of amides is 1. The van der Waals surface area contributed by atoms with E-state index in [0.29, 0.717) is 31.1 Å². The third kappa shape index (κ3) is 3.12. The molecule has 2 aromatic heterocycles. The normalized spacial score (nSPS) is 22.9. The number of aryl methyl sites for hydroxylation is 1. The molecule has 5 rings (SSSR count). The minimum atomic E-state index is -0.300. The van der Waals surface area contributed by atoms with E-state index in [9.17, 15) is 9.18 Å². The smallest absolute Gasteiger partial charge is 0.272 e. The molecular weight excluding hydrogens is 379 g/mol. The number of anilines is 1. The van der Waals surface area contributed by atoms with Crippen LogP contribution >= 0.6 is 0 Å². The number of benzene rings is 1. The van der Waals surface area contributed by atoms with Gasteiger partial charge in [-0.05, 0) is 42.3 Å². The molecule has 2 fully saturated rings. The molecule has 2 saturated heterocycles. The summed E-state index contributed by atoms with van der Waals surface area (Å²) in [5, 5.41) is 0.